The van der Waals surface area contributed by atoms with Crippen molar-refractivity contribution >= 4 is 17.7 Å². The maximum absolute atomic E-state index is 12.1. The highest BCUT2D eigenvalue weighted by Gasteiger charge is 2.30. The Labute approximate surface area is 144 Å². The van der Waals surface area contributed by atoms with Crippen LogP contribution in [0.4, 0.5) is 4.79 Å². The molecule has 1 unspecified atom stereocenters. The minimum absolute atomic E-state index is 0.0630. The molecule has 1 amide bonds. The molecule has 0 saturated carbocycles. The second-order valence-electron chi connectivity index (χ2n) is 7.00. The SMILES string of the molecule is C#CC(c1ccc(Cl)cc1)C1CCN(C(=O)OC(C)(C)C)CC1. The van der Waals surface area contributed by atoms with Gasteiger partial charge in [-0.2, -0.15) is 0 Å². The van der Waals surface area contributed by atoms with Gasteiger partial charge in [0.05, 0.1) is 0 Å². The van der Waals surface area contributed by atoms with Gasteiger partial charge < -0.3 is 9.64 Å². The van der Waals surface area contributed by atoms with Crippen LogP contribution >= 0.6 is 11.6 Å². The van der Waals surface area contributed by atoms with Gasteiger partial charge in [0.25, 0.3) is 0 Å². The van der Waals surface area contributed by atoms with Gasteiger partial charge in [-0.25, -0.2) is 4.79 Å². The lowest BCUT2D eigenvalue weighted by Crippen LogP contribution is -2.42. The molecule has 1 aliphatic heterocycles. The molecule has 0 aliphatic carbocycles. The van der Waals surface area contributed by atoms with E-state index >= 15 is 0 Å². The van der Waals surface area contributed by atoms with Gasteiger partial charge in [0.2, 0.25) is 0 Å². The number of carbonyl (C=O) groups is 1. The Bertz CT molecular complexity index is 575. The van der Waals surface area contributed by atoms with E-state index in [4.69, 9.17) is 22.8 Å². The number of halogens is 1. The molecule has 0 radical (unpaired) electrons. The molecular formula is C19H24ClNO2. The summed E-state index contributed by atoms with van der Waals surface area (Å²) in [6.45, 7) is 7.02. The van der Waals surface area contributed by atoms with Gasteiger partial charge in [0, 0.05) is 24.0 Å². The molecule has 3 nitrogen and oxygen atoms in total. The highest BCUT2D eigenvalue weighted by molar-refractivity contribution is 6.30. The zero-order valence-corrected chi connectivity index (χ0v) is 14.8. The summed E-state index contributed by atoms with van der Waals surface area (Å²) in [6.07, 6.45) is 7.30. The first-order chi connectivity index (χ1) is 10.8. The average molecular weight is 334 g/mol. The van der Waals surface area contributed by atoms with Gasteiger partial charge in [-0.1, -0.05) is 29.7 Å². The molecule has 0 N–H and O–H groups in total. The largest absolute Gasteiger partial charge is 0.444 e. The van der Waals surface area contributed by atoms with Crippen LogP contribution in [0.15, 0.2) is 24.3 Å². The standard InChI is InChI=1S/C19H24ClNO2/c1-5-17(14-6-8-16(20)9-7-14)15-10-12-21(13-11-15)18(22)23-19(2,3)4/h1,6-9,15,17H,10-13H2,2-4H3. The van der Waals surface area contributed by atoms with Crippen molar-refractivity contribution in [2.24, 2.45) is 5.92 Å². The Hall–Kier alpha value is -1.66. The van der Waals surface area contributed by atoms with Crippen LogP contribution in [0.3, 0.4) is 0 Å². The van der Waals surface area contributed by atoms with E-state index in [9.17, 15) is 4.79 Å². The van der Waals surface area contributed by atoms with Crippen LogP contribution < -0.4 is 0 Å². The summed E-state index contributed by atoms with van der Waals surface area (Å²) in [5.41, 5.74) is 0.658. The van der Waals surface area contributed by atoms with Crippen LogP contribution in [0.1, 0.15) is 45.1 Å². The van der Waals surface area contributed by atoms with Crippen molar-refractivity contribution in [3.63, 3.8) is 0 Å². The van der Waals surface area contributed by atoms with Crippen LogP contribution in [0.2, 0.25) is 5.02 Å². The summed E-state index contributed by atoms with van der Waals surface area (Å²) in [4.78, 5) is 13.9. The van der Waals surface area contributed by atoms with Crippen molar-refractivity contribution in [2.45, 2.75) is 45.1 Å². The Morgan fingerprint density at radius 3 is 2.35 bits per heavy atom. The third-order valence-electron chi connectivity index (χ3n) is 4.07. The molecule has 0 aromatic heterocycles. The van der Waals surface area contributed by atoms with E-state index in [2.05, 4.69) is 5.92 Å². The normalized spacial score (nSPS) is 17.4. The molecule has 1 saturated heterocycles. The number of ether oxygens (including phenoxy) is 1. The molecule has 1 aliphatic rings. The van der Waals surface area contributed by atoms with E-state index in [1.165, 1.54) is 0 Å². The van der Waals surface area contributed by atoms with Crippen LogP contribution in [0.25, 0.3) is 0 Å². The summed E-state index contributed by atoms with van der Waals surface area (Å²) in [7, 11) is 0. The first-order valence-electron chi connectivity index (χ1n) is 7.99. The van der Waals surface area contributed by atoms with Crippen LogP contribution in [-0.4, -0.2) is 29.7 Å². The number of carbonyl (C=O) groups excluding carboxylic acids is 1. The topological polar surface area (TPSA) is 29.5 Å². The highest BCUT2D eigenvalue weighted by atomic mass is 35.5. The van der Waals surface area contributed by atoms with Crippen molar-refractivity contribution in [3.05, 3.63) is 34.9 Å². The molecule has 23 heavy (non-hydrogen) atoms. The number of rotatable bonds is 2. The predicted molar refractivity (Wildman–Crippen MR) is 93.6 cm³/mol. The number of nitrogens with zero attached hydrogens (tertiary/aromatic N) is 1. The van der Waals surface area contributed by atoms with E-state index in [-0.39, 0.29) is 12.0 Å². The molecule has 1 fully saturated rings. The summed E-state index contributed by atoms with van der Waals surface area (Å²) in [6, 6.07) is 7.73. The van der Waals surface area contributed by atoms with Gasteiger partial charge in [-0.15, -0.1) is 6.42 Å². The van der Waals surface area contributed by atoms with Crippen LogP contribution in [0, 0.1) is 18.3 Å². The lowest BCUT2D eigenvalue weighted by Gasteiger charge is -2.35. The van der Waals surface area contributed by atoms with Crippen molar-refractivity contribution in [1.82, 2.24) is 4.90 Å². The number of terminal acetylenes is 1. The van der Waals surface area contributed by atoms with Crippen molar-refractivity contribution in [1.29, 1.82) is 0 Å². The molecule has 1 atom stereocenters. The molecular weight excluding hydrogens is 310 g/mol. The third-order valence-corrected chi connectivity index (χ3v) is 4.32. The molecule has 0 bridgehead atoms. The van der Waals surface area contributed by atoms with Crippen molar-refractivity contribution in [2.75, 3.05) is 13.1 Å². The van der Waals surface area contributed by atoms with Crippen molar-refractivity contribution < 1.29 is 9.53 Å². The second-order valence-corrected chi connectivity index (χ2v) is 7.44. The first kappa shape index (κ1) is 17.7. The van der Waals surface area contributed by atoms with Crippen LogP contribution in [0.5, 0.6) is 0 Å². The van der Waals surface area contributed by atoms with E-state index in [1.807, 2.05) is 45.0 Å². The van der Waals surface area contributed by atoms with E-state index in [1.54, 1.807) is 4.90 Å². The van der Waals surface area contributed by atoms with Gasteiger partial charge in [0.1, 0.15) is 5.60 Å². The van der Waals surface area contributed by atoms with Gasteiger partial charge in [0.15, 0.2) is 0 Å². The maximum Gasteiger partial charge on any atom is 0.410 e. The number of amides is 1. The lowest BCUT2D eigenvalue weighted by molar-refractivity contribution is 0.0180. The zero-order chi connectivity index (χ0) is 17.0. The summed E-state index contributed by atoms with van der Waals surface area (Å²) in [5, 5.41) is 0.712. The second kappa shape index (κ2) is 7.27. The number of piperidine rings is 1. The van der Waals surface area contributed by atoms with E-state index in [0.29, 0.717) is 24.0 Å². The molecule has 4 heteroatoms. The maximum atomic E-state index is 12.1. The smallest absolute Gasteiger partial charge is 0.410 e. The Morgan fingerprint density at radius 1 is 1.30 bits per heavy atom. The minimum Gasteiger partial charge on any atom is -0.444 e. The van der Waals surface area contributed by atoms with Gasteiger partial charge in [-0.05, 0) is 57.2 Å². The molecule has 2 rings (SSSR count). The zero-order valence-electron chi connectivity index (χ0n) is 14.0. The Balaban J connectivity index is 1.96. The fraction of sp³-hybridized carbons (Fsp3) is 0.526. The predicted octanol–water partition coefficient (Wildman–Crippen LogP) is 4.70. The molecule has 1 heterocycles. The number of hydrogen-bond donors (Lipinski definition) is 0. The highest BCUT2D eigenvalue weighted by Crippen LogP contribution is 2.33. The number of likely N-dealkylation sites (tertiary alicyclic amines) is 1. The monoisotopic (exact) mass is 333 g/mol. The number of benzene rings is 1. The number of hydrogen-bond acceptors (Lipinski definition) is 2. The molecule has 1 aromatic rings. The van der Waals surface area contributed by atoms with Gasteiger partial charge in [-0.3, -0.25) is 0 Å². The Morgan fingerprint density at radius 2 is 1.87 bits per heavy atom. The Kier molecular flexibility index (Phi) is 5.59. The fourth-order valence-electron chi connectivity index (χ4n) is 2.92. The average Bonchev–Trinajstić information content (AvgIpc) is 2.49. The quantitative estimate of drug-likeness (QED) is 0.734. The van der Waals surface area contributed by atoms with Gasteiger partial charge >= 0.3 is 6.09 Å². The summed E-state index contributed by atoms with van der Waals surface area (Å²) in [5.74, 6) is 3.35. The molecule has 0 spiro atoms. The van der Waals surface area contributed by atoms with Crippen molar-refractivity contribution in [3.8, 4) is 12.3 Å². The van der Waals surface area contributed by atoms with E-state index in [0.717, 1.165) is 18.4 Å². The fourth-order valence-corrected chi connectivity index (χ4v) is 3.04. The third kappa shape index (κ3) is 4.91. The summed E-state index contributed by atoms with van der Waals surface area (Å²) < 4.78 is 5.43. The first-order valence-corrected chi connectivity index (χ1v) is 8.37. The molecule has 1 aromatic carbocycles. The lowest BCUT2D eigenvalue weighted by atomic mass is 9.80. The van der Waals surface area contributed by atoms with Crippen LogP contribution in [-0.2, 0) is 4.74 Å². The van der Waals surface area contributed by atoms with E-state index < -0.39 is 5.60 Å². The minimum atomic E-state index is -0.460. The summed E-state index contributed by atoms with van der Waals surface area (Å²) >= 11 is 5.94. The molecule has 124 valence electrons.